The number of carbonyl (C=O) groups excluding carboxylic acids is 1. The summed E-state index contributed by atoms with van der Waals surface area (Å²) < 4.78 is 33.1. The van der Waals surface area contributed by atoms with Crippen molar-refractivity contribution in [1.29, 1.82) is 0 Å². The Morgan fingerprint density at radius 3 is 2.24 bits per heavy atom. The van der Waals surface area contributed by atoms with Crippen LogP contribution in [0.4, 0.5) is 5.13 Å². The number of aromatic nitrogens is 1. The zero-order chi connectivity index (χ0) is 24.2. The molecule has 3 aromatic rings. The van der Waals surface area contributed by atoms with Crippen molar-refractivity contribution in [1.82, 2.24) is 14.2 Å². The number of methoxy groups -OCH3 is 1. The summed E-state index contributed by atoms with van der Waals surface area (Å²) in [4.78, 5) is 21.9. The van der Waals surface area contributed by atoms with Crippen LogP contribution in [0.5, 0.6) is 5.75 Å². The number of hydrogen-bond acceptors (Lipinski definition) is 7. The zero-order valence-electron chi connectivity index (χ0n) is 20.0. The molecule has 2 aromatic carbocycles. The molecule has 1 heterocycles. The van der Waals surface area contributed by atoms with Crippen molar-refractivity contribution in [2.75, 3.05) is 52.3 Å². The molecule has 0 aliphatic heterocycles. The second kappa shape index (κ2) is 11.9. The van der Waals surface area contributed by atoms with E-state index in [1.165, 1.54) is 27.8 Å². The topological polar surface area (TPSA) is 83.1 Å². The van der Waals surface area contributed by atoms with Crippen molar-refractivity contribution in [2.45, 2.75) is 18.7 Å². The van der Waals surface area contributed by atoms with Crippen LogP contribution in [0.1, 0.15) is 24.2 Å². The molecule has 0 aliphatic rings. The number of thiazole rings is 1. The lowest BCUT2D eigenvalue weighted by Crippen LogP contribution is -2.36. The highest BCUT2D eigenvalue weighted by Gasteiger charge is 2.24. The normalized spacial score (nSPS) is 11.6. The van der Waals surface area contributed by atoms with Gasteiger partial charge in [-0.1, -0.05) is 25.2 Å². The fourth-order valence-electron chi connectivity index (χ4n) is 3.36. The van der Waals surface area contributed by atoms with Crippen LogP contribution in [0.15, 0.2) is 47.4 Å². The third kappa shape index (κ3) is 6.05. The number of fused-ring (bicyclic) bond motifs is 1. The molecule has 0 unspecified atom stereocenters. The standard InChI is InChI=1S/C23H30N4O4S2.ClH/c1-6-26(7-2)33(29,30)19-11-8-17(9-12-19)22(28)27(15-14-25(3)4)23-24-20-13-10-18(31-5)16-21(20)32-23;/h8-13,16H,6-7,14-15H2,1-5H3;1H. The maximum absolute atomic E-state index is 13.5. The van der Waals surface area contributed by atoms with Crippen LogP contribution < -0.4 is 9.64 Å². The average molecular weight is 527 g/mol. The quantitative estimate of drug-likeness (QED) is 0.397. The number of ether oxygens (including phenoxy) is 1. The van der Waals surface area contributed by atoms with E-state index in [0.29, 0.717) is 36.9 Å². The molecular formula is C23H31ClN4O4S2. The number of sulfonamides is 1. The largest absolute Gasteiger partial charge is 0.497 e. The highest BCUT2D eigenvalue weighted by Crippen LogP contribution is 2.32. The van der Waals surface area contributed by atoms with E-state index in [2.05, 4.69) is 4.98 Å². The smallest absolute Gasteiger partial charge is 0.260 e. The van der Waals surface area contributed by atoms with Gasteiger partial charge in [0.1, 0.15) is 5.75 Å². The molecule has 186 valence electrons. The molecule has 1 amide bonds. The van der Waals surface area contributed by atoms with Gasteiger partial charge < -0.3 is 9.64 Å². The van der Waals surface area contributed by atoms with Crippen molar-refractivity contribution < 1.29 is 17.9 Å². The molecule has 0 bridgehead atoms. The van der Waals surface area contributed by atoms with E-state index in [1.54, 1.807) is 38.0 Å². The molecule has 0 N–H and O–H groups in total. The fourth-order valence-corrected chi connectivity index (χ4v) is 5.83. The average Bonchev–Trinajstić information content (AvgIpc) is 3.22. The van der Waals surface area contributed by atoms with E-state index >= 15 is 0 Å². The Morgan fingerprint density at radius 1 is 1.03 bits per heavy atom. The fraction of sp³-hybridized carbons (Fsp3) is 0.391. The number of carbonyl (C=O) groups is 1. The molecule has 0 radical (unpaired) electrons. The number of nitrogens with zero attached hydrogens (tertiary/aromatic N) is 4. The Bertz CT molecular complexity index is 1210. The van der Waals surface area contributed by atoms with Gasteiger partial charge in [-0.3, -0.25) is 9.69 Å². The second-order valence-electron chi connectivity index (χ2n) is 7.70. The van der Waals surface area contributed by atoms with Crippen molar-refractivity contribution in [3.05, 3.63) is 48.0 Å². The predicted octanol–water partition coefficient (Wildman–Crippen LogP) is 3.97. The van der Waals surface area contributed by atoms with E-state index in [-0.39, 0.29) is 23.2 Å². The van der Waals surface area contributed by atoms with Crippen LogP contribution in [0.2, 0.25) is 0 Å². The molecule has 1 aromatic heterocycles. The molecule has 0 aliphatic carbocycles. The summed E-state index contributed by atoms with van der Waals surface area (Å²) in [6, 6.07) is 11.7. The van der Waals surface area contributed by atoms with Gasteiger partial charge in [0.15, 0.2) is 5.13 Å². The number of likely N-dealkylation sites (N-methyl/N-ethyl adjacent to an activating group) is 1. The number of anilines is 1. The van der Waals surface area contributed by atoms with E-state index in [9.17, 15) is 13.2 Å². The van der Waals surface area contributed by atoms with Gasteiger partial charge in [0.05, 0.1) is 22.2 Å². The minimum atomic E-state index is -3.58. The molecule has 0 saturated heterocycles. The monoisotopic (exact) mass is 526 g/mol. The number of benzene rings is 2. The highest BCUT2D eigenvalue weighted by atomic mass is 35.5. The van der Waals surface area contributed by atoms with Gasteiger partial charge in [-0.2, -0.15) is 4.31 Å². The Balaban J connectivity index is 0.00000408. The number of hydrogen-bond donors (Lipinski definition) is 0. The molecule has 0 spiro atoms. The van der Waals surface area contributed by atoms with Crippen LogP contribution in [0.25, 0.3) is 10.2 Å². The summed E-state index contributed by atoms with van der Waals surface area (Å²) in [5, 5.41) is 0.588. The maximum atomic E-state index is 13.5. The van der Waals surface area contributed by atoms with E-state index in [1.807, 2.05) is 37.2 Å². The molecule has 11 heteroatoms. The summed E-state index contributed by atoms with van der Waals surface area (Å²) in [6.45, 7) is 5.48. The van der Waals surface area contributed by atoms with Crippen LogP contribution in [0, 0.1) is 0 Å². The first-order valence-corrected chi connectivity index (χ1v) is 13.0. The Hall–Kier alpha value is -2.24. The van der Waals surface area contributed by atoms with Crippen LogP contribution in [0.3, 0.4) is 0 Å². The van der Waals surface area contributed by atoms with Crippen LogP contribution in [-0.2, 0) is 10.0 Å². The van der Waals surface area contributed by atoms with Crippen molar-refractivity contribution in [3.63, 3.8) is 0 Å². The van der Waals surface area contributed by atoms with Crippen molar-refractivity contribution >= 4 is 55.0 Å². The summed E-state index contributed by atoms with van der Waals surface area (Å²) in [7, 11) is 1.92. The van der Waals surface area contributed by atoms with Crippen molar-refractivity contribution in [3.8, 4) is 5.75 Å². The van der Waals surface area contributed by atoms with Crippen LogP contribution >= 0.6 is 23.7 Å². The first-order valence-electron chi connectivity index (χ1n) is 10.7. The third-order valence-electron chi connectivity index (χ3n) is 5.28. The lowest BCUT2D eigenvalue weighted by molar-refractivity contribution is 0.0985. The molecule has 3 rings (SSSR count). The number of amides is 1. The predicted molar refractivity (Wildman–Crippen MR) is 140 cm³/mol. The Labute approximate surface area is 211 Å². The van der Waals surface area contributed by atoms with E-state index in [4.69, 9.17) is 4.74 Å². The highest BCUT2D eigenvalue weighted by molar-refractivity contribution is 7.89. The first kappa shape index (κ1) is 28.0. The van der Waals surface area contributed by atoms with Gasteiger partial charge in [-0.15, -0.1) is 12.4 Å². The molecule has 0 saturated carbocycles. The van der Waals surface area contributed by atoms with Gasteiger partial charge in [-0.25, -0.2) is 13.4 Å². The molecule has 34 heavy (non-hydrogen) atoms. The SMILES string of the molecule is CCN(CC)S(=O)(=O)c1ccc(C(=O)N(CCN(C)C)c2nc3ccc(OC)cc3s2)cc1.Cl. The summed E-state index contributed by atoms with van der Waals surface area (Å²) in [5.41, 5.74) is 1.20. The van der Waals surface area contributed by atoms with Crippen LogP contribution in [-0.4, -0.2) is 75.9 Å². The molecule has 8 nitrogen and oxygen atoms in total. The first-order chi connectivity index (χ1) is 15.7. The number of rotatable bonds is 10. The lowest BCUT2D eigenvalue weighted by atomic mass is 10.2. The number of halogens is 1. The lowest BCUT2D eigenvalue weighted by Gasteiger charge is -2.22. The van der Waals surface area contributed by atoms with Crippen molar-refractivity contribution in [2.24, 2.45) is 0 Å². The van der Waals surface area contributed by atoms with E-state index in [0.717, 1.165) is 16.0 Å². The summed E-state index contributed by atoms with van der Waals surface area (Å²) >= 11 is 1.42. The zero-order valence-corrected chi connectivity index (χ0v) is 22.5. The van der Waals surface area contributed by atoms with Gasteiger partial charge in [0.2, 0.25) is 10.0 Å². The minimum Gasteiger partial charge on any atom is -0.497 e. The summed E-state index contributed by atoms with van der Waals surface area (Å²) in [6.07, 6.45) is 0. The van der Waals surface area contributed by atoms with E-state index < -0.39 is 10.0 Å². The molecule has 0 fully saturated rings. The van der Waals surface area contributed by atoms with Gasteiger partial charge in [0, 0.05) is 31.7 Å². The second-order valence-corrected chi connectivity index (χ2v) is 10.7. The third-order valence-corrected chi connectivity index (χ3v) is 8.38. The van der Waals surface area contributed by atoms with Gasteiger partial charge >= 0.3 is 0 Å². The maximum Gasteiger partial charge on any atom is 0.260 e. The molecule has 0 atom stereocenters. The Kier molecular flexibility index (Phi) is 9.84. The summed E-state index contributed by atoms with van der Waals surface area (Å²) in [5.74, 6) is 0.503. The molecular weight excluding hydrogens is 496 g/mol. The van der Waals surface area contributed by atoms with Gasteiger partial charge in [0.25, 0.3) is 5.91 Å². The minimum absolute atomic E-state index is 0. The van der Waals surface area contributed by atoms with Gasteiger partial charge in [-0.05, 0) is 56.6 Å². The Morgan fingerprint density at radius 2 is 1.68 bits per heavy atom.